The molecular formula is C14H19FN2O2. The first-order valence-electron chi connectivity index (χ1n) is 6.38. The van der Waals surface area contributed by atoms with Gasteiger partial charge in [-0.15, -0.1) is 0 Å². The Kier molecular flexibility index (Phi) is 3.39. The molecule has 1 atom stereocenters. The van der Waals surface area contributed by atoms with Crippen LogP contribution in [0.4, 0.5) is 15.8 Å². The van der Waals surface area contributed by atoms with Gasteiger partial charge in [-0.3, -0.25) is 0 Å². The van der Waals surface area contributed by atoms with E-state index in [-0.39, 0.29) is 22.7 Å². The van der Waals surface area contributed by atoms with E-state index in [4.69, 9.17) is 10.8 Å². The van der Waals surface area contributed by atoms with E-state index < -0.39 is 11.8 Å². The van der Waals surface area contributed by atoms with Crippen molar-refractivity contribution in [2.24, 2.45) is 5.41 Å². The average molecular weight is 266 g/mol. The summed E-state index contributed by atoms with van der Waals surface area (Å²) in [7, 11) is 0. The minimum absolute atomic E-state index is 0.176. The summed E-state index contributed by atoms with van der Waals surface area (Å²) < 4.78 is 13.3. The van der Waals surface area contributed by atoms with Crippen LogP contribution < -0.4 is 11.1 Å². The number of nitrogen functional groups attached to an aromatic ring is 1. The van der Waals surface area contributed by atoms with Crippen molar-refractivity contribution in [2.45, 2.75) is 39.2 Å². The summed E-state index contributed by atoms with van der Waals surface area (Å²) in [4.78, 5) is 11.2. The average Bonchev–Trinajstić information content (AvgIpc) is 2.63. The predicted molar refractivity (Wildman–Crippen MR) is 72.8 cm³/mol. The molecule has 1 saturated carbocycles. The molecule has 1 fully saturated rings. The van der Waals surface area contributed by atoms with E-state index in [1.54, 1.807) is 0 Å². The topological polar surface area (TPSA) is 75.3 Å². The van der Waals surface area contributed by atoms with Gasteiger partial charge in [0.1, 0.15) is 11.4 Å². The number of rotatable bonds is 3. The zero-order valence-electron chi connectivity index (χ0n) is 11.2. The zero-order chi connectivity index (χ0) is 14.2. The minimum Gasteiger partial charge on any atom is -0.478 e. The number of carboxylic acid groups (broad SMARTS) is 1. The maximum absolute atomic E-state index is 13.3. The Labute approximate surface area is 111 Å². The molecule has 104 valence electrons. The van der Waals surface area contributed by atoms with E-state index in [0.29, 0.717) is 5.69 Å². The first kappa shape index (κ1) is 13.6. The van der Waals surface area contributed by atoms with Crippen LogP contribution in [0.1, 0.15) is 43.5 Å². The monoisotopic (exact) mass is 266 g/mol. The molecule has 0 heterocycles. The second kappa shape index (κ2) is 4.72. The number of benzene rings is 1. The van der Waals surface area contributed by atoms with Crippen LogP contribution in [-0.4, -0.2) is 17.1 Å². The van der Waals surface area contributed by atoms with E-state index in [1.165, 1.54) is 12.1 Å². The highest BCUT2D eigenvalue weighted by molar-refractivity contribution is 6.00. The van der Waals surface area contributed by atoms with Crippen molar-refractivity contribution >= 4 is 17.3 Å². The number of nitrogens with two attached hydrogens (primary N) is 1. The van der Waals surface area contributed by atoms with Gasteiger partial charge in [-0.25, -0.2) is 9.18 Å². The molecule has 5 heteroatoms. The van der Waals surface area contributed by atoms with E-state index >= 15 is 0 Å². The molecule has 2 rings (SSSR count). The van der Waals surface area contributed by atoms with Crippen molar-refractivity contribution in [3.05, 3.63) is 23.5 Å². The van der Waals surface area contributed by atoms with Gasteiger partial charge in [-0.1, -0.05) is 13.8 Å². The van der Waals surface area contributed by atoms with Crippen molar-refractivity contribution in [3.63, 3.8) is 0 Å². The molecule has 0 aromatic heterocycles. The van der Waals surface area contributed by atoms with Crippen molar-refractivity contribution in [3.8, 4) is 0 Å². The van der Waals surface area contributed by atoms with Gasteiger partial charge in [0, 0.05) is 6.04 Å². The molecule has 0 bridgehead atoms. The molecule has 19 heavy (non-hydrogen) atoms. The summed E-state index contributed by atoms with van der Waals surface area (Å²) in [5.41, 5.74) is 5.68. The molecule has 0 spiro atoms. The normalized spacial score (nSPS) is 21.3. The smallest absolute Gasteiger partial charge is 0.340 e. The number of nitrogens with one attached hydrogen (secondary N) is 1. The quantitative estimate of drug-likeness (QED) is 0.735. The van der Waals surface area contributed by atoms with Gasteiger partial charge >= 0.3 is 5.97 Å². The van der Waals surface area contributed by atoms with Crippen LogP contribution in [0.5, 0.6) is 0 Å². The van der Waals surface area contributed by atoms with Crippen LogP contribution in [0.15, 0.2) is 12.1 Å². The number of carbonyl (C=O) groups is 1. The summed E-state index contributed by atoms with van der Waals surface area (Å²) in [5.74, 6) is -1.91. The van der Waals surface area contributed by atoms with Gasteiger partial charge in [0.15, 0.2) is 0 Å². The maximum Gasteiger partial charge on any atom is 0.340 e. The molecule has 0 radical (unpaired) electrons. The Balaban J connectivity index is 2.26. The van der Waals surface area contributed by atoms with Gasteiger partial charge < -0.3 is 16.2 Å². The fourth-order valence-electron chi connectivity index (χ4n) is 2.72. The van der Waals surface area contributed by atoms with Gasteiger partial charge in [-0.05, 0) is 36.8 Å². The fourth-order valence-corrected chi connectivity index (χ4v) is 2.72. The lowest BCUT2D eigenvalue weighted by Crippen LogP contribution is -2.20. The van der Waals surface area contributed by atoms with E-state index in [1.807, 2.05) is 0 Å². The Morgan fingerprint density at radius 3 is 2.74 bits per heavy atom. The summed E-state index contributed by atoms with van der Waals surface area (Å²) in [6, 6.07) is 2.85. The van der Waals surface area contributed by atoms with Crippen LogP contribution in [-0.2, 0) is 0 Å². The van der Waals surface area contributed by atoms with Crippen LogP contribution in [0.3, 0.4) is 0 Å². The van der Waals surface area contributed by atoms with E-state index in [9.17, 15) is 9.18 Å². The molecule has 4 N–H and O–H groups in total. The first-order chi connectivity index (χ1) is 8.80. The van der Waals surface area contributed by atoms with Gasteiger partial charge in [-0.2, -0.15) is 0 Å². The molecule has 1 aliphatic carbocycles. The number of halogens is 1. The van der Waals surface area contributed by atoms with Crippen molar-refractivity contribution < 1.29 is 14.3 Å². The highest BCUT2D eigenvalue weighted by Gasteiger charge is 2.31. The van der Waals surface area contributed by atoms with E-state index in [0.717, 1.165) is 19.3 Å². The molecule has 1 unspecified atom stereocenters. The van der Waals surface area contributed by atoms with Crippen LogP contribution in [0.25, 0.3) is 0 Å². The van der Waals surface area contributed by atoms with Gasteiger partial charge in [0.05, 0.1) is 11.4 Å². The molecular weight excluding hydrogens is 247 g/mol. The molecule has 1 aliphatic rings. The fraction of sp³-hybridized carbons (Fsp3) is 0.500. The molecule has 0 saturated heterocycles. The molecule has 4 nitrogen and oxygen atoms in total. The molecule has 1 aromatic rings. The largest absolute Gasteiger partial charge is 0.478 e. The van der Waals surface area contributed by atoms with Gasteiger partial charge in [0.25, 0.3) is 0 Å². The van der Waals surface area contributed by atoms with Crippen molar-refractivity contribution in [1.82, 2.24) is 0 Å². The van der Waals surface area contributed by atoms with Crippen LogP contribution >= 0.6 is 0 Å². The number of carboxylic acids is 1. The van der Waals surface area contributed by atoms with Crippen molar-refractivity contribution in [2.75, 3.05) is 11.1 Å². The van der Waals surface area contributed by atoms with E-state index in [2.05, 4.69) is 19.2 Å². The molecule has 1 aromatic carbocycles. The zero-order valence-corrected chi connectivity index (χ0v) is 11.2. The Bertz CT molecular complexity index is 514. The Morgan fingerprint density at radius 1 is 1.53 bits per heavy atom. The van der Waals surface area contributed by atoms with Crippen LogP contribution in [0, 0.1) is 11.2 Å². The number of hydrogen-bond acceptors (Lipinski definition) is 3. The highest BCUT2D eigenvalue weighted by atomic mass is 19.1. The number of anilines is 2. The summed E-state index contributed by atoms with van der Waals surface area (Å²) in [5, 5.41) is 12.3. The first-order valence-corrected chi connectivity index (χ1v) is 6.38. The minimum atomic E-state index is -1.21. The third kappa shape index (κ3) is 2.80. The maximum atomic E-state index is 13.3. The lowest BCUT2D eigenvalue weighted by molar-refractivity contribution is 0.0698. The predicted octanol–water partition coefficient (Wildman–Crippen LogP) is 3.10. The lowest BCUT2D eigenvalue weighted by atomic mass is 9.92. The van der Waals surface area contributed by atoms with Crippen LogP contribution in [0.2, 0.25) is 0 Å². The summed E-state index contributed by atoms with van der Waals surface area (Å²) in [6.07, 6.45) is 3.02. The summed E-state index contributed by atoms with van der Waals surface area (Å²) in [6.45, 7) is 4.37. The van der Waals surface area contributed by atoms with Crippen molar-refractivity contribution in [1.29, 1.82) is 0 Å². The molecule has 0 aliphatic heterocycles. The SMILES string of the molecule is CC1(C)CCC(Nc2ccc(F)c(N)c2C(=O)O)C1. The Morgan fingerprint density at radius 2 is 2.21 bits per heavy atom. The lowest BCUT2D eigenvalue weighted by Gasteiger charge is -2.20. The highest BCUT2D eigenvalue weighted by Crippen LogP contribution is 2.39. The summed E-state index contributed by atoms with van der Waals surface area (Å²) >= 11 is 0. The standard InChI is InChI=1S/C14H19FN2O2/c1-14(2)6-5-8(7-14)17-10-4-3-9(15)12(16)11(10)13(18)19/h3-4,8,17H,5-7,16H2,1-2H3,(H,18,19). The van der Waals surface area contributed by atoms with Gasteiger partial charge in [0.2, 0.25) is 0 Å². The third-order valence-corrected chi connectivity index (χ3v) is 3.73. The number of aromatic carboxylic acids is 1. The number of hydrogen-bond donors (Lipinski definition) is 3. The third-order valence-electron chi connectivity index (χ3n) is 3.73. The second-order valence-electron chi connectivity index (χ2n) is 5.94. The Hall–Kier alpha value is -1.78. The molecule has 0 amide bonds. The second-order valence-corrected chi connectivity index (χ2v) is 5.94.